The quantitative estimate of drug-likeness (QED) is 0.669. The van der Waals surface area contributed by atoms with Gasteiger partial charge in [0, 0.05) is 19.5 Å². The summed E-state index contributed by atoms with van der Waals surface area (Å²) >= 11 is 0. The molecular formula is C9H16N2O2. The van der Waals surface area contributed by atoms with Gasteiger partial charge in [0.05, 0.1) is 0 Å². The number of imide groups is 1. The summed E-state index contributed by atoms with van der Waals surface area (Å²) in [5.74, 6) is -0.253. The van der Waals surface area contributed by atoms with Gasteiger partial charge in [-0.25, -0.2) is 4.79 Å². The van der Waals surface area contributed by atoms with Crippen LogP contribution in [0.2, 0.25) is 0 Å². The number of nitrogens with zero attached hydrogens (tertiary/aromatic N) is 1. The molecule has 3 amide bonds. The molecule has 13 heavy (non-hydrogen) atoms. The van der Waals surface area contributed by atoms with E-state index in [2.05, 4.69) is 11.9 Å². The Morgan fingerprint density at radius 1 is 1.54 bits per heavy atom. The molecule has 0 saturated heterocycles. The lowest BCUT2D eigenvalue weighted by Gasteiger charge is -2.22. The molecule has 0 spiro atoms. The number of rotatable bonds is 3. The second-order valence-electron chi connectivity index (χ2n) is 2.96. The van der Waals surface area contributed by atoms with Gasteiger partial charge >= 0.3 is 6.03 Å². The zero-order valence-corrected chi connectivity index (χ0v) is 8.33. The summed E-state index contributed by atoms with van der Waals surface area (Å²) in [6.45, 7) is 8.78. The molecule has 74 valence electrons. The third kappa shape index (κ3) is 3.73. The van der Waals surface area contributed by atoms with E-state index in [-0.39, 0.29) is 18.0 Å². The summed E-state index contributed by atoms with van der Waals surface area (Å²) < 4.78 is 0. The maximum atomic E-state index is 11.3. The molecule has 0 fully saturated rings. The van der Waals surface area contributed by atoms with Gasteiger partial charge in [0.2, 0.25) is 5.91 Å². The van der Waals surface area contributed by atoms with Gasteiger partial charge in [-0.15, -0.1) is 6.58 Å². The number of nitrogens with one attached hydrogen (secondary N) is 1. The van der Waals surface area contributed by atoms with E-state index in [0.29, 0.717) is 6.54 Å². The highest BCUT2D eigenvalue weighted by molar-refractivity contribution is 5.93. The Bertz CT molecular complexity index is 212. The number of carbonyl (C=O) groups excluding carboxylic acids is 2. The molecule has 0 bridgehead atoms. The van der Waals surface area contributed by atoms with Gasteiger partial charge in [-0.05, 0) is 13.8 Å². The molecule has 4 nitrogen and oxygen atoms in total. The fourth-order valence-corrected chi connectivity index (χ4v) is 0.986. The lowest BCUT2D eigenvalue weighted by Crippen LogP contribution is -2.46. The smallest absolute Gasteiger partial charge is 0.324 e. The molecule has 0 aliphatic rings. The first-order valence-corrected chi connectivity index (χ1v) is 4.19. The largest absolute Gasteiger partial charge is 0.334 e. The summed E-state index contributed by atoms with van der Waals surface area (Å²) in [6, 6.07) is -0.496. The lowest BCUT2D eigenvalue weighted by atomic mass is 10.3. The van der Waals surface area contributed by atoms with Crippen molar-refractivity contribution in [3.63, 3.8) is 0 Å². The third-order valence-corrected chi connectivity index (χ3v) is 1.47. The van der Waals surface area contributed by atoms with Gasteiger partial charge in [0.15, 0.2) is 0 Å². The van der Waals surface area contributed by atoms with Crippen LogP contribution in [-0.2, 0) is 4.79 Å². The summed E-state index contributed by atoms with van der Waals surface area (Å²) in [7, 11) is 0. The molecule has 0 saturated carbocycles. The maximum Gasteiger partial charge on any atom is 0.324 e. The van der Waals surface area contributed by atoms with E-state index in [1.807, 2.05) is 0 Å². The van der Waals surface area contributed by atoms with Crippen LogP contribution < -0.4 is 5.32 Å². The molecule has 0 aliphatic carbocycles. The van der Waals surface area contributed by atoms with Gasteiger partial charge in [-0.1, -0.05) is 6.08 Å². The topological polar surface area (TPSA) is 49.4 Å². The molecule has 0 heterocycles. The molecule has 1 N–H and O–H groups in total. The van der Waals surface area contributed by atoms with Crippen LogP contribution in [0.15, 0.2) is 12.7 Å². The lowest BCUT2D eigenvalue weighted by molar-refractivity contribution is -0.127. The predicted molar refractivity (Wildman–Crippen MR) is 51.3 cm³/mol. The van der Waals surface area contributed by atoms with E-state index < -0.39 is 0 Å². The van der Waals surface area contributed by atoms with Gasteiger partial charge in [0.25, 0.3) is 0 Å². The van der Waals surface area contributed by atoms with Crippen LogP contribution in [0.25, 0.3) is 0 Å². The molecule has 4 heteroatoms. The SMILES string of the molecule is C=CCNC(=O)N(C(C)=O)C(C)C. The Morgan fingerprint density at radius 2 is 2.08 bits per heavy atom. The van der Waals surface area contributed by atoms with Gasteiger partial charge in [-0.3, -0.25) is 9.69 Å². The molecule has 0 atom stereocenters. The second-order valence-corrected chi connectivity index (χ2v) is 2.96. The minimum absolute atomic E-state index is 0.123. The Balaban J connectivity index is 4.29. The summed E-state index contributed by atoms with van der Waals surface area (Å²) in [6.07, 6.45) is 1.57. The average Bonchev–Trinajstić information content (AvgIpc) is 1.99. The molecule has 0 aromatic heterocycles. The summed E-state index contributed by atoms with van der Waals surface area (Å²) in [4.78, 5) is 23.5. The van der Waals surface area contributed by atoms with Crippen LogP contribution in [-0.4, -0.2) is 29.4 Å². The molecule has 0 aromatic carbocycles. The van der Waals surface area contributed by atoms with E-state index in [1.165, 1.54) is 11.8 Å². The highest BCUT2D eigenvalue weighted by Gasteiger charge is 2.19. The highest BCUT2D eigenvalue weighted by Crippen LogP contribution is 1.98. The maximum absolute atomic E-state index is 11.3. The number of hydrogen-bond acceptors (Lipinski definition) is 2. The van der Waals surface area contributed by atoms with Crippen molar-refractivity contribution in [1.29, 1.82) is 0 Å². The van der Waals surface area contributed by atoms with E-state index in [9.17, 15) is 9.59 Å². The first-order valence-electron chi connectivity index (χ1n) is 4.19. The number of hydrogen-bond donors (Lipinski definition) is 1. The van der Waals surface area contributed by atoms with Crippen molar-refractivity contribution in [1.82, 2.24) is 10.2 Å². The zero-order chi connectivity index (χ0) is 10.4. The standard InChI is InChI=1S/C9H16N2O2/c1-5-6-10-9(13)11(7(2)3)8(4)12/h5,7H,1,6H2,2-4H3,(H,10,13). The van der Waals surface area contributed by atoms with Crippen molar-refractivity contribution in [3.05, 3.63) is 12.7 Å². The van der Waals surface area contributed by atoms with Gasteiger partial charge < -0.3 is 5.32 Å². The number of urea groups is 1. The molecule has 0 aliphatic heterocycles. The van der Waals surface area contributed by atoms with Crippen LogP contribution in [0.4, 0.5) is 4.79 Å². The van der Waals surface area contributed by atoms with Crippen molar-refractivity contribution in [2.75, 3.05) is 6.54 Å². The van der Waals surface area contributed by atoms with Crippen molar-refractivity contribution in [2.24, 2.45) is 0 Å². The Kier molecular flexibility index (Phi) is 4.80. The van der Waals surface area contributed by atoms with Crippen molar-refractivity contribution in [3.8, 4) is 0 Å². The van der Waals surface area contributed by atoms with Crippen LogP contribution in [0.1, 0.15) is 20.8 Å². The van der Waals surface area contributed by atoms with E-state index in [1.54, 1.807) is 19.9 Å². The molecule has 0 rings (SSSR count). The highest BCUT2D eigenvalue weighted by atomic mass is 16.2. The minimum atomic E-state index is -0.373. The fourth-order valence-electron chi connectivity index (χ4n) is 0.986. The molecule has 0 radical (unpaired) electrons. The van der Waals surface area contributed by atoms with E-state index in [0.717, 1.165) is 0 Å². The van der Waals surface area contributed by atoms with E-state index >= 15 is 0 Å². The second kappa shape index (κ2) is 5.35. The van der Waals surface area contributed by atoms with Crippen molar-refractivity contribution in [2.45, 2.75) is 26.8 Å². The fraction of sp³-hybridized carbons (Fsp3) is 0.556. The molecule has 0 unspecified atom stereocenters. The van der Waals surface area contributed by atoms with Crippen LogP contribution >= 0.6 is 0 Å². The summed E-state index contributed by atoms with van der Waals surface area (Å²) in [5, 5.41) is 2.54. The number of carbonyl (C=O) groups is 2. The first-order chi connectivity index (χ1) is 6.00. The zero-order valence-electron chi connectivity index (χ0n) is 8.33. The van der Waals surface area contributed by atoms with Crippen molar-refractivity contribution < 1.29 is 9.59 Å². The third-order valence-electron chi connectivity index (χ3n) is 1.47. The van der Waals surface area contributed by atoms with Crippen LogP contribution in [0, 0.1) is 0 Å². The Labute approximate surface area is 78.6 Å². The number of amides is 3. The van der Waals surface area contributed by atoms with Gasteiger partial charge in [0.1, 0.15) is 0 Å². The Morgan fingerprint density at radius 3 is 2.38 bits per heavy atom. The van der Waals surface area contributed by atoms with Crippen molar-refractivity contribution >= 4 is 11.9 Å². The molecular weight excluding hydrogens is 168 g/mol. The van der Waals surface area contributed by atoms with E-state index in [4.69, 9.17) is 0 Å². The average molecular weight is 184 g/mol. The monoisotopic (exact) mass is 184 g/mol. The minimum Gasteiger partial charge on any atom is -0.334 e. The van der Waals surface area contributed by atoms with Crippen LogP contribution in [0.3, 0.4) is 0 Å². The summed E-state index contributed by atoms with van der Waals surface area (Å²) in [5.41, 5.74) is 0. The Hall–Kier alpha value is -1.32. The van der Waals surface area contributed by atoms with Crippen LogP contribution in [0.5, 0.6) is 0 Å². The van der Waals surface area contributed by atoms with Gasteiger partial charge in [-0.2, -0.15) is 0 Å². The normalized spacial score (nSPS) is 9.54. The molecule has 0 aromatic rings. The first kappa shape index (κ1) is 11.7. The predicted octanol–water partition coefficient (Wildman–Crippen LogP) is 1.14.